The van der Waals surface area contributed by atoms with Crippen molar-refractivity contribution >= 4 is 97.5 Å². The van der Waals surface area contributed by atoms with E-state index in [1.807, 2.05) is 0 Å². The molecule has 4 aliphatic rings. The number of rotatable bonds is 11. The first kappa shape index (κ1) is 55.9. The molecule has 0 fully saturated rings. The molecule has 6 nitrogen and oxygen atoms in total. The molecular weight excluding hydrogens is 1180 g/mol. The van der Waals surface area contributed by atoms with Crippen LogP contribution in [0.3, 0.4) is 0 Å². The van der Waals surface area contributed by atoms with Gasteiger partial charge >= 0.3 is 0 Å². The van der Waals surface area contributed by atoms with Crippen LogP contribution in [0.2, 0.25) is 0 Å². The van der Waals surface area contributed by atoms with Gasteiger partial charge in [0.2, 0.25) is 5.88 Å². The molecule has 452 valence electrons. The number of fused-ring (bicyclic) bond motifs is 8. The van der Waals surface area contributed by atoms with Crippen molar-refractivity contribution in [3.63, 3.8) is 0 Å². The van der Waals surface area contributed by atoms with Crippen LogP contribution in [-0.4, -0.2) is 18.4 Å². The van der Waals surface area contributed by atoms with Gasteiger partial charge in [-0.2, -0.15) is 4.98 Å². The molecule has 0 saturated carbocycles. The van der Waals surface area contributed by atoms with E-state index < -0.39 is 0 Å². The van der Waals surface area contributed by atoms with Gasteiger partial charge in [0.25, 0.3) is 13.4 Å². The summed E-state index contributed by atoms with van der Waals surface area (Å²) in [7, 11) is 0. The van der Waals surface area contributed by atoms with Gasteiger partial charge in [0.15, 0.2) is 0 Å². The monoisotopic (exact) mass is 1240 g/mol. The van der Waals surface area contributed by atoms with Crippen molar-refractivity contribution in [1.82, 2.24) is 4.98 Å². The molecule has 0 atom stereocenters. The third-order valence-corrected chi connectivity index (χ3v) is 19.8. The number of hydrogen-bond acceptors (Lipinski definition) is 6. The van der Waals surface area contributed by atoms with Gasteiger partial charge in [0.05, 0.1) is 5.69 Å². The zero-order chi connectivity index (χ0) is 63.9. The molecule has 19 rings (SSSR count). The summed E-state index contributed by atoms with van der Waals surface area (Å²) < 4.78 is 14.5. The van der Waals surface area contributed by atoms with Gasteiger partial charge in [-0.05, 0) is 179 Å². The highest BCUT2D eigenvalue weighted by atomic mass is 16.5. The molecule has 4 aliphatic heterocycles. The number of ether oxygens (including phenoxy) is 2. The largest absolute Gasteiger partial charge is 0.458 e. The molecule has 14 aromatic carbocycles. The average Bonchev–Trinajstić information content (AvgIpc) is 0.691. The second-order valence-electron chi connectivity index (χ2n) is 25.3. The fourth-order valence-corrected chi connectivity index (χ4v) is 15.3. The first-order chi connectivity index (χ1) is 48.1. The van der Waals surface area contributed by atoms with Crippen LogP contribution < -0.4 is 57.0 Å². The van der Waals surface area contributed by atoms with Crippen molar-refractivity contribution in [3.05, 3.63) is 352 Å². The zero-order valence-corrected chi connectivity index (χ0v) is 52.7. The predicted molar refractivity (Wildman–Crippen MR) is 403 cm³/mol. The summed E-state index contributed by atoms with van der Waals surface area (Å²) >= 11 is 0. The Morgan fingerprint density at radius 2 is 0.660 bits per heavy atom. The highest BCUT2D eigenvalue weighted by Crippen LogP contribution is 2.50. The number of nitrogens with zero attached hydrogens (tertiary/aromatic N) is 4. The van der Waals surface area contributed by atoms with Gasteiger partial charge < -0.3 is 19.3 Å². The molecule has 15 aromatic rings. The Morgan fingerprint density at radius 3 is 1.20 bits per heavy atom. The number of anilines is 9. The normalized spacial score (nSPS) is 12.6. The fraction of sp³-hybridized carbons (Fsp3) is 0. The Hall–Kier alpha value is -12.6. The van der Waals surface area contributed by atoms with Crippen molar-refractivity contribution in [2.45, 2.75) is 0 Å². The molecule has 0 unspecified atom stereocenters. The van der Waals surface area contributed by atoms with Crippen LogP contribution in [0.4, 0.5) is 51.3 Å². The Bertz CT molecular complexity index is 5430. The second-order valence-corrected chi connectivity index (χ2v) is 25.3. The molecule has 0 bridgehead atoms. The molecule has 5 heterocycles. The minimum Gasteiger partial charge on any atom is -0.458 e. The molecule has 1 aromatic heterocycles. The van der Waals surface area contributed by atoms with Crippen molar-refractivity contribution in [2.24, 2.45) is 0 Å². The first-order valence-electron chi connectivity index (χ1n) is 33.2. The van der Waals surface area contributed by atoms with Crippen LogP contribution >= 0.6 is 0 Å². The van der Waals surface area contributed by atoms with E-state index in [1.165, 1.54) is 16.5 Å². The zero-order valence-electron chi connectivity index (χ0n) is 52.7. The van der Waals surface area contributed by atoms with E-state index in [2.05, 4.69) is 367 Å². The Kier molecular flexibility index (Phi) is 13.3. The maximum absolute atomic E-state index is 7.48. The van der Waals surface area contributed by atoms with Gasteiger partial charge in [-0.15, -0.1) is 0 Å². The van der Waals surface area contributed by atoms with Crippen LogP contribution in [0, 0.1) is 0 Å². The summed E-state index contributed by atoms with van der Waals surface area (Å²) in [6.07, 6.45) is 0. The lowest BCUT2D eigenvalue weighted by Gasteiger charge is -2.45. The van der Waals surface area contributed by atoms with Crippen LogP contribution in [0.15, 0.2) is 352 Å². The Balaban J connectivity index is 0.870. The lowest BCUT2D eigenvalue weighted by Crippen LogP contribution is -2.64. The molecular formula is C89H58B2N4O2. The summed E-state index contributed by atoms with van der Waals surface area (Å²) in [6, 6.07) is 127. The number of hydrogen-bond donors (Lipinski definition) is 0. The number of benzene rings is 14. The van der Waals surface area contributed by atoms with E-state index in [-0.39, 0.29) is 13.4 Å². The smallest absolute Gasteiger partial charge is 0.262 e. The lowest BCUT2D eigenvalue weighted by atomic mass is 9.31. The maximum Gasteiger partial charge on any atom is 0.262 e. The molecule has 8 heteroatoms. The summed E-state index contributed by atoms with van der Waals surface area (Å²) in [5, 5.41) is 0. The second kappa shape index (κ2) is 23.1. The highest BCUT2D eigenvalue weighted by molar-refractivity contribution is 7.02. The first-order valence-corrected chi connectivity index (χ1v) is 33.2. The number of para-hydroxylation sites is 2. The van der Waals surface area contributed by atoms with E-state index in [9.17, 15) is 0 Å². The van der Waals surface area contributed by atoms with Gasteiger partial charge in [-0.1, -0.05) is 267 Å². The summed E-state index contributed by atoms with van der Waals surface area (Å²) in [4.78, 5) is 13.4. The van der Waals surface area contributed by atoms with Crippen molar-refractivity contribution in [2.75, 3.05) is 14.7 Å². The van der Waals surface area contributed by atoms with Crippen molar-refractivity contribution in [1.29, 1.82) is 0 Å². The molecule has 0 saturated heterocycles. The molecule has 0 N–H and O–H groups in total. The standard InChI is InChI=1S/C89H58B2N4O2/c1-6-22-59(23-7-1)63-38-46-69(47-39-63)93(70-48-40-64(41-49-70)60-24-8-2-9-25-60)73-56-81-86-82(57-73)95(72-52-44-66(45-53-72)62-28-12-4-13-29-62)88-78(90(86)76-34-18-20-36-80(76)94(81)71-50-42-65(43-51-71)61-26-10-3-11-27-61)58-79-89(92-88)97-85-55-68(75-33-17-16-32-74(75)67-30-14-5-15-31-67)54-84-87(85)91(79)77-35-19-21-37-83(77)96-84/h1-58H. The molecule has 97 heavy (non-hydrogen) atoms. The van der Waals surface area contributed by atoms with E-state index >= 15 is 0 Å². The van der Waals surface area contributed by atoms with E-state index in [1.54, 1.807) is 0 Å². The lowest BCUT2D eigenvalue weighted by molar-refractivity contribution is 0.454. The SMILES string of the molecule is c1ccc(-c2ccc(N(c3ccc(-c4ccccc4)cc3)c3cc4c5c(c3)N(c3ccc(-c6ccccc6)cc3)c3nc6c(cc3B5c3ccccc3N4c3ccc(-c4ccccc4)cc3)B3c4ccccc4Oc4cc(-c5ccccc5-c5ccccc5)cc(c43)O6)cc2)cc1. The van der Waals surface area contributed by atoms with E-state index in [4.69, 9.17) is 14.5 Å². The average molecular weight is 1240 g/mol. The minimum absolute atomic E-state index is 0.259. The van der Waals surface area contributed by atoms with Crippen LogP contribution in [0.25, 0.3) is 66.8 Å². The van der Waals surface area contributed by atoms with E-state index in [0.717, 1.165) is 152 Å². The summed E-state index contributed by atoms with van der Waals surface area (Å²) in [6.45, 7) is -0.537. The fourth-order valence-electron chi connectivity index (χ4n) is 15.3. The third-order valence-electron chi connectivity index (χ3n) is 19.8. The van der Waals surface area contributed by atoms with Gasteiger partial charge in [0.1, 0.15) is 23.1 Å². The quantitative estimate of drug-likeness (QED) is 0.120. The van der Waals surface area contributed by atoms with Gasteiger partial charge in [-0.3, -0.25) is 4.90 Å². The molecule has 0 aliphatic carbocycles. The molecule has 0 radical (unpaired) electrons. The molecule has 0 amide bonds. The number of aromatic nitrogens is 1. The predicted octanol–water partition coefficient (Wildman–Crippen LogP) is 19.4. The minimum atomic E-state index is -0.278. The van der Waals surface area contributed by atoms with Gasteiger partial charge in [0, 0.05) is 45.3 Å². The Morgan fingerprint density at radius 1 is 0.258 bits per heavy atom. The summed E-state index contributed by atoms with van der Waals surface area (Å²) in [5.74, 6) is 3.66. The maximum atomic E-state index is 7.48. The van der Waals surface area contributed by atoms with E-state index in [0.29, 0.717) is 5.88 Å². The number of pyridine rings is 1. The van der Waals surface area contributed by atoms with Crippen molar-refractivity contribution in [3.8, 4) is 89.9 Å². The van der Waals surface area contributed by atoms with Crippen LogP contribution in [-0.2, 0) is 0 Å². The topological polar surface area (TPSA) is 41.1 Å². The van der Waals surface area contributed by atoms with Crippen LogP contribution in [0.1, 0.15) is 0 Å². The van der Waals surface area contributed by atoms with Crippen LogP contribution in [0.5, 0.6) is 23.1 Å². The molecule has 0 spiro atoms. The third kappa shape index (κ3) is 9.55. The van der Waals surface area contributed by atoms with Gasteiger partial charge in [-0.25, -0.2) is 0 Å². The van der Waals surface area contributed by atoms with Crippen molar-refractivity contribution < 1.29 is 9.47 Å². The Labute approximate surface area is 565 Å². The summed E-state index contributed by atoms with van der Waals surface area (Å²) in [5.41, 5.74) is 28.2. The highest BCUT2D eigenvalue weighted by Gasteiger charge is 2.48.